The van der Waals surface area contributed by atoms with Crippen molar-refractivity contribution < 1.29 is 13.6 Å². The van der Waals surface area contributed by atoms with Crippen molar-refractivity contribution in [2.75, 3.05) is 23.8 Å². The zero-order valence-corrected chi connectivity index (χ0v) is 13.0. The van der Waals surface area contributed by atoms with Crippen LogP contribution in [-0.4, -0.2) is 29.7 Å². The van der Waals surface area contributed by atoms with E-state index in [2.05, 4.69) is 27.3 Å². The molecule has 0 bridgehead atoms. The second-order valence-corrected chi connectivity index (χ2v) is 5.68. The van der Waals surface area contributed by atoms with E-state index in [-0.39, 0.29) is 5.13 Å². The van der Waals surface area contributed by atoms with Gasteiger partial charge in [-0.2, -0.15) is 0 Å². The van der Waals surface area contributed by atoms with E-state index < -0.39 is 17.3 Å². The molecular weight excluding hydrogens is 310 g/mol. The van der Waals surface area contributed by atoms with Gasteiger partial charge in [0, 0.05) is 24.8 Å². The molecule has 1 amide bonds. The minimum atomic E-state index is -2.68. The van der Waals surface area contributed by atoms with E-state index in [0.717, 1.165) is 18.7 Å². The number of hydrogen-bond donors (Lipinski definition) is 1. The number of hydrogen-bond acceptors (Lipinski definition) is 5. The van der Waals surface area contributed by atoms with Crippen LogP contribution < -0.4 is 10.2 Å². The zero-order valence-electron chi connectivity index (χ0n) is 12.2. The van der Waals surface area contributed by atoms with Crippen molar-refractivity contribution in [1.82, 2.24) is 10.2 Å². The number of nitrogens with zero attached hydrogens (tertiary/aromatic N) is 3. The number of alkyl halides is 2. The number of amides is 1. The Morgan fingerprint density at radius 2 is 2.00 bits per heavy atom. The van der Waals surface area contributed by atoms with Gasteiger partial charge in [-0.05, 0) is 30.7 Å². The summed E-state index contributed by atoms with van der Waals surface area (Å²) in [4.78, 5) is 14.1. The van der Waals surface area contributed by atoms with Gasteiger partial charge in [0.2, 0.25) is 5.13 Å². The highest BCUT2D eigenvalue weighted by atomic mass is 32.1. The molecule has 0 saturated carbocycles. The number of anilines is 2. The Kier molecular flexibility index (Phi) is 5.37. The van der Waals surface area contributed by atoms with Crippen molar-refractivity contribution in [3.8, 4) is 0 Å². The van der Waals surface area contributed by atoms with Gasteiger partial charge in [0.05, 0.1) is 0 Å². The van der Waals surface area contributed by atoms with Crippen molar-refractivity contribution in [3.63, 3.8) is 0 Å². The molecule has 0 aliphatic rings. The quantitative estimate of drug-likeness (QED) is 0.881. The van der Waals surface area contributed by atoms with Crippen molar-refractivity contribution in [2.45, 2.75) is 19.8 Å². The Bertz CT molecular complexity index is 630. The normalized spacial score (nSPS) is 10.8. The number of aromatic nitrogens is 2. The maximum atomic E-state index is 12.4. The van der Waals surface area contributed by atoms with Gasteiger partial charge in [0.25, 0.3) is 12.3 Å². The Morgan fingerprint density at radius 3 is 2.55 bits per heavy atom. The number of carbonyl (C=O) groups is 1. The lowest BCUT2D eigenvalue weighted by molar-refractivity contribution is 0.102. The summed E-state index contributed by atoms with van der Waals surface area (Å²) in [5, 5.41) is 8.96. The summed E-state index contributed by atoms with van der Waals surface area (Å²) in [6, 6.07) is 7.06. The third-order valence-corrected chi connectivity index (χ3v) is 3.82. The molecule has 8 heteroatoms. The lowest BCUT2D eigenvalue weighted by Gasteiger charge is -2.18. The van der Waals surface area contributed by atoms with E-state index in [4.69, 9.17) is 0 Å². The van der Waals surface area contributed by atoms with E-state index in [0.29, 0.717) is 16.9 Å². The van der Waals surface area contributed by atoms with Crippen molar-refractivity contribution >= 4 is 28.1 Å². The molecule has 1 heterocycles. The summed E-state index contributed by atoms with van der Waals surface area (Å²) in [7, 11) is 1.98. The highest BCUT2D eigenvalue weighted by molar-refractivity contribution is 7.15. The highest BCUT2D eigenvalue weighted by Gasteiger charge is 2.16. The minimum Gasteiger partial charge on any atom is -0.375 e. The fourth-order valence-electron chi connectivity index (χ4n) is 1.87. The molecule has 0 aliphatic carbocycles. The standard InChI is InChI=1S/C14H16F2N4OS/c1-3-8-20(2)10-6-4-9(5-7-10)12(21)17-14-19-18-13(22-14)11(15)16/h4-7,11H,3,8H2,1-2H3,(H,17,19,21). The summed E-state index contributed by atoms with van der Waals surface area (Å²) in [6.45, 7) is 3.01. The van der Waals surface area contributed by atoms with Gasteiger partial charge in [0.1, 0.15) is 0 Å². The lowest BCUT2D eigenvalue weighted by Crippen LogP contribution is -2.18. The molecule has 22 heavy (non-hydrogen) atoms. The van der Waals surface area contributed by atoms with Crippen LogP contribution in [0.15, 0.2) is 24.3 Å². The van der Waals surface area contributed by atoms with Crippen LogP contribution in [0.1, 0.15) is 35.1 Å². The molecule has 1 aromatic carbocycles. The molecule has 1 aromatic heterocycles. The van der Waals surface area contributed by atoms with Crippen LogP contribution >= 0.6 is 11.3 Å². The molecule has 0 aliphatic heterocycles. The lowest BCUT2D eigenvalue weighted by atomic mass is 10.2. The van der Waals surface area contributed by atoms with E-state index in [9.17, 15) is 13.6 Å². The summed E-state index contributed by atoms with van der Waals surface area (Å²) >= 11 is 0.666. The first-order valence-corrected chi connectivity index (χ1v) is 7.57. The molecule has 0 spiro atoms. The van der Waals surface area contributed by atoms with Crippen LogP contribution in [0.2, 0.25) is 0 Å². The fraction of sp³-hybridized carbons (Fsp3) is 0.357. The monoisotopic (exact) mass is 326 g/mol. The molecule has 1 N–H and O–H groups in total. The maximum absolute atomic E-state index is 12.4. The van der Waals surface area contributed by atoms with Crippen molar-refractivity contribution in [1.29, 1.82) is 0 Å². The Balaban J connectivity index is 2.03. The molecule has 2 aromatic rings. The number of carbonyl (C=O) groups excluding carboxylic acids is 1. The van der Waals surface area contributed by atoms with Crippen molar-refractivity contribution in [3.05, 3.63) is 34.8 Å². The Hall–Kier alpha value is -2.09. The highest BCUT2D eigenvalue weighted by Crippen LogP contribution is 2.25. The largest absolute Gasteiger partial charge is 0.375 e. The molecule has 0 fully saturated rings. The van der Waals surface area contributed by atoms with Gasteiger partial charge in [-0.1, -0.05) is 18.3 Å². The molecular formula is C14H16F2N4OS. The van der Waals surface area contributed by atoms with Gasteiger partial charge in [0.15, 0.2) is 5.01 Å². The van der Waals surface area contributed by atoms with E-state index in [1.807, 2.05) is 19.2 Å². The van der Waals surface area contributed by atoms with Crippen LogP contribution in [0.5, 0.6) is 0 Å². The first-order valence-electron chi connectivity index (χ1n) is 6.75. The second-order valence-electron chi connectivity index (χ2n) is 4.67. The van der Waals surface area contributed by atoms with Crippen molar-refractivity contribution in [2.24, 2.45) is 0 Å². The van der Waals surface area contributed by atoms with Gasteiger partial charge in [-0.3, -0.25) is 10.1 Å². The van der Waals surface area contributed by atoms with E-state index in [1.54, 1.807) is 12.1 Å². The molecule has 0 radical (unpaired) electrons. The summed E-state index contributed by atoms with van der Waals surface area (Å²) in [6.07, 6.45) is -1.65. The molecule has 0 atom stereocenters. The molecule has 0 saturated heterocycles. The SMILES string of the molecule is CCCN(C)c1ccc(C(=O)Nc2nnc(C(F)F)s2)cc1. The third-order valence-electron chi connectivity index (χ3n) is 2.98. The topological polar surface area (TPSA) is 58.1 Å². The smallest absolute Gasteiger partial charge is 0.291 e. The predicted octanol–water partition coefficient (Wildman–Crippen LogP) is 3.57. The van der Waals surface area contributed by atoms with Gasteiger partial charge < -0.3 is 4.90 Å². The molecule has 0 unspecified atom stereocenters. The van der Waals surface area contributed by atoms with Gasteiger partial charge in [-0.15, -0.1) is 10.2 Å². The third kappa shape index (κ3) is 3.97. The maximum Gasteiger partial charge on any atom is 0.291 e. The van der Waals surface area contributed by atoms with Crippen LogP contribution in [0.25, 0.3) is 0 Å². The average molecular weight is 326 g/mol. The summed E-state index contributed by atoms with van der Waals surface area (Å²) < 4.78 is 24.8. The van der Waals surface area contributed by atoms with Gasteiger partial charge in [-0.25, -0.2) is 8.78 Å². The van der Waals surface area contributed by atoms with E-state index >= 15 is 0 Å². The summed E-state index contributed by atoms with van der Waals surface area (Å²) in [5.74, 6) is -0.401. The zero-order chi connectivity index (χ0) is 16.1. The predicted molar refractivity (Wildman–Crippen MR) is 82.8 cm³/mol. The van der Waals surface area contributed by atoms with E-state index in [1.165, 1.54) is 0 Å². The summed E-state index contributed by atoms with van der Waals surface area (Å²) in [5.41, 5.74) is 1.44. The molecule has 5 nitrogen and oxygen atoms in total. The second kappa shape index (κ2) is 7.26. The average Bonchev–Trinajstić information content (AvgIpc) is 2.96. The molecule has 2 rings (SSSR count). The Morgan fingerprint density at radius 1 is 1.32 bits per heavy atom. The van der Waals surface area contributed by atoms with Crippen LogP contribution in [0.3, 0.4) is 0 Å². The van der Waals surface area contributed by atoms with Gasteiger partial charge >= 0.3 is 0 Å². The minimum absolute atomic E-state index is 0.0625. The number of nitrogens with one attached hydrogen (secondary N) is 1. The number of halogens is 2. The van der Waals surface area contributed by atoms with Crippen LogP contribution in [0, 0.1) is 0 Å². The van der Waals surface area contributed by atoms with Crippen LogP contribution in [-0.2, 0) is 0 Å². The fourth-order valence-corrected chi connectivity index (χ4v) is 2.47. The molecule has 118 valence electrons. The Labute approximate surface area is 131 Å². The van der Waals surface area contributed by atoms with Crippen LogP contribution in [0.4, 0.5) is 19.6 Å². The number of rotatable bonds is 6. The first kappa shape index (κ1) is 16.3. The number of benzene rings is 1. The first-order chi connectivity index (χ1) is 10.5.